The van der Waals surface area contributed by atoms with Gasteiger partial charge in [-0.1, -0.05) is 36.4 Å². The summed E-state index contributed by atoms with van der Waals surface area (Å²) in [5.74, 6) is -1.88. The first-order valence-corrected chi connectivity index (χ1v) is 5.20. The highest BCUT2D eigenvalue weighted by Crippen LogP contribution is 2.27. The van der Waals surface area contributed by atoms with Crippen LogP contribution in [0.25, 0.3) is 11.1 Å². The second-order valence-corrected chi connectivity index (χ2v) is 3.62. The maximum Gasteiger partial charge on any atom is 0.163 e. The molecule has 0 fully saturated rings. The number of carbonyl (C=O) groups is 1. The van der Waals surface area contributed by atoms with Crippen LogP contribution < -0.4 is 0 Å². The quantitative estimate of drug-likeness (QED) is 0.741. The van der Waals surface area contributed by atoms with Gasteiger partial charge in [0.05, 0.1) is 0 Å². The third-order valence-corrected chi connectivity index (χ3v) is 2.57. The molecule has 0 aliphatic rings. The molecule has 0 aromatic heterocycles. The van der Waals surface area contributed by atoms with Crippen molar-refractivity contribution in [2.24, 2.45) is 0 Å². The molecule has 2 aromatic rings. The fourth-order valence-corrected chi connectivity index (χ4v) is 1.76. The largest absolute Gasteiger partial charge is 0.303 e. The van der Waals surface area contributed by atoms with Crippen LogP contribution in [0.2, 0.25) is 0 Å². The lowest BCUT2D eigenvalue weighted by Crippen LogP contribution is -1.99. The monoisotopic (exact) mass is 232 g/mol. The van der Waals surface area contributed by atoms with Gasteiger partial charge in [-0.3, -0.25) is 0 Å². The van der Waals surface area contributed by atoms with Crippen LogP contribution in [0.3, 0.4) is 0 Å². The van der Waals surface area contributed by atoms with E-state index in [1.807, 2.05) is 6.07 Å². The van der Waals surface area contributed by atoms with Crippen molar-refractivity contribution >= 4 is 6.29 Å². The zero-order chi connectivity index (χ0) is 12.3. The Balaban J connectivity index is 2.61. The van der Waals surface area contributed by atoms with Crippen molar-refractivity contribution in [3.8, 4) is 11.1 Å². The standard InChI is InChI=1S/C14H10F2O/c15-13-7-6-11(10-4-2-1-3-5-10)12(8-9-17)14(13)16/h1-7,9H,8H2. The van der Waals surface area contributed by atoms with Crippen molar-refractivity contribution in [3.63, 3.8) is 0 Å². The van der Waals surface area contributed by atoms with Crippen LogP contribution in [-0.2, 0) is 11.2 Å². The number of halogens is 2. The Bertz CT molecular complexity index is 535. The van der Waals surface area contributed by atoms with Gasteiger partial charge in [0.1, 0.15) is 6.29 Å². The van der Waals surface area contributed by atoms with Crippen molar-refractivity contribution in [3.05, 3.63) is 59.7 Å². The van der Waals surface area contributed by atoms with Crippen LogP contribution in [0.1, 0.15) is 5.56 Å². The molecule has 0 unspecified atom stereocenters. The smallest absolute Gasteiger partial charge is 0.163 e. The number of hydrogen-bond acceptors (Lipinski definition) is 1. The first-order chi connectivity index (χ1) is 8.24. The van der Waals surface area contributed by atoms with E-state index in [0.717, 1.165) is 11.6 Å². The van der Waals surface area contributed by atoms with Crippen LogP contribution >= 0.6 is 0 Å². The van der Waals surface area contributed by atoms with Gasteiger partial charge >= 0.3 is 0 Å². The molecule has 0 heterocycles. The highest BCUT2D eigenvalue weighted by molar-refractivity contribution is 5.71. The van der Waals surface area contributed by atoms with E-state index in [9.17, 15) is 13.6 Å². The molecule has 0 radical (unpaired) electrons. The zero-order valence-electron chi connectivity index (χ0n) is 8.99. The fourth-order valence-electron chi connectivity index (χ4n) is 1.76. The summed E-state index contributed by atoms with van der Waals surface area (Å²) in [6, 6.07) is 11.6. The minimum absolute atomic E-state index is 0.103. The predicted molar refractivity (Wildman–Crippen MR) is 61.6 cm³/mol. The van der Waals surface area contributed by atoms with E-state index in [1.165, 1.54) is 6.07 Å². The molecule has 86 valence electrons. The molecule has 0 bridgehead atoms. The Hall–Kier alpha value is -2.03. The first kappa shape index (κ1) is 11.5. The van der Waals surface area contributed by atoms with E-state index in [-0.39, 0.29) is 12.0 Å². The highest BCUT2D eigenvalue weighted by Gasteiger charge is 2.13. The molecule has 3 heteroatoms. The normalized spacial score (nSPS) is 10.2. The maximum atomic E-state index is 13.6. The van der Waals surface area contributed by atoms with Crippen LogP contribution in [0.4, 0.5) is 8.78 Å². The Morgan fingerprint density at radius 3 is 2.35 bits per heavy atom. The van der Waals surface area contributed by atoms with Crippen LogP contribution in [0.5, 0.6) is 0 Å². The summed E-state index contributed by atoms with van der Waals surface area (Å²) in [6.07, 6.45) is 0.443. The third-order valence-electron chi connectivity index (χ3n) is 2.57. The highest BCUT2D eigenvalue weighted by atomic mass is 19.2. The minimum Gasteiger partial charge on any atom is -0.303 e. The molecule has 0 atom stereocenters. The van der Waals surface area contributed by atoms with Crippen molar-refractivity contribution in [2.45, 2.75) is 6.42 Å². The van der Waals surface area contributed by atoms with E-state index >= 15 is 0 Å². The van der Waals surface area contributed by atoms with Crippen molar-refractivity contribution in [1.82, 2.24) is 0 Å². The average Bonchev–Trinajstić information content (AvgIpc) is 2.36. The van der Waals surface area contributed by atoms with Gasteiger partial charge in [0, 0.05) is 12.0 Å². The summed E-state index contributed by atoms with van der Waals surface area (Å²) in [5.41, 5.74) is 1.42. The maximum absolute atomic E-state index is 13.6. The van der Waals surface area contributed by atoms with Gasteiger partial charge in [-0.05, 0) is 17.2 Å². The van der Waals surface area contributed by atoms with Gasteiger partial charge in [-0.25, -0.2) is 8.78 Å². The molecule has 0 aliphatic heterocycles. The van der Waals surface area contributed by atoms with E-state index in [0.29, 0.717) is 11.8 Å². The number of rotatable bonds is 3. The third kappa shape index (κ3) is 2.23. The summed E-state index contributed by atoms with van der Waals surface area (Å²) < 4.78 is 26.7. The summed E-state index contributed by atoms with van der Waals surface area (Å²) in [6.45, 7) is 0. The van der Waals surface area contributed by atoms with Crippen molar-refractivity contribution < 1.29 is 13.6 Å². The van der Waals surface area contributed by atoms with Gasteiger partial charge in [-0.15, -0.1) is 0 Å². The Kier molecular flexibility index (Phi) is 3.28. The number of aldehydes is 1. The topological polar surface area (TPSA) is 17.1 Å². The van der Waals surface area contributed by atoms with Crippen LogP contribution in [-0.4, -0.2) is 6.29 Å². The molecule has 0 amide bonds. The fraction of sp³-hybridized carbons (Fsp3) is 0.0714. The number of hydrogen-bond donors (Lipinski definition) is 0. The Morgan fingerprint density at radius 2 is 1.71 bits per heavy atom. The molecule has 2 aromatic carbocycles. The lowest BCUT2D eigenvalue weighted by atomic mass is 9.97. The van der Waals surface area contributed by atoms with Crippen LogP contribution in [0.15, 0.2) is 42.5 Å². The second kappa shape index (κ2) is 4.87. The Morgan fingerprint density at radius 1 is 1.00 bits per heavy atom. The van der Waals surface area contributed by atoms with Crippen molar-refractivity contribution in [1.29, 1.82) is 0 Å². The lowest BCUT2D eigenvalue weighted by molar-refractivity contribution is -0.107. The van der Waals surface area contributed by atoms with Gasteiger partial charge in [-0.2, -0.15) is 0 Å². The predicted octanol–water partition coefficient (Wildman–Crippen LogP) is 3.37. The summed E-state index contributed by atoms with van der Waals surface area (Å²) in [5, 5.41) is 0. The van der Waals surface area contributed by atoms with Gasteiger partial charge in [0.2, 0.25) is 0 Å². The SMILES string of the molecule is O=CCc1c(-c2ccccc2)ccc(F)c1F. The first-order valence-electron chi connectivity index (χ1n) is 5.20. The van der Waals surface area contributed by atoms with Gasteiger partial charge in [0.25, 0.3) is 0 Å². The number of benzene rings is 2. The minimum atomic E-state index is -0.946. The van der Waals surface area contributed by atoms with E-state index in [2.05, 4.69) is 0 Å². The van der Waals surface area contributed by atoms with Gasteiger partial charge in [0.15, 0.2) is 11.6 Å². The summed E-state index contributed by atoms with van der Waals surface area (Å²) in [7, 11) is 0. The molecule has 0 N–H and O–H groups in total. The summed E-state index contributed by atoms with van der Waals surface area (Å²) >= 11 is 0. The van der Waals surface area contributed by atoms with E-state index in [4.69, 9.17) is 0 Å². The van der Waals surface area contributed by atoms with E-state index in [1.54, 1.807) is 24.3 Å². The molecule has 1 nitrogen and oxygen atoms in total. The molecule has 2 rings (SSSR count). The lowest BCUT2D eigenvalue weighted by Gasteiger charge is -2.09. The molecular formula is C14H10F2O. The second-order valence-electron chi connectivity index (χ2n) is 3.62. The van der Waals surface area contributed by atoms with E-state index < -0.39 is 11.6 Å². The number of carbonyl (C=O) groups excluding carboxylic acids is 1. The van der Waals surface area contributed by atoms with Crippen molar-refractivity contribution in [2.75, 3.05) is 0 Å². The van der Waals surface area contributed by atoms with Gasteiger partial charge < -0.3 is 4.79 Å². The Labute approximate surface area is 97.7 Å². The average molecular weight is 232 g/mol. The molecule has 0 saturated heterocycles. The molecule has 0 aliphatic carbocycles. The zero-order valence-corrected chi connectivity index (χ0v) is 8.99. The molecular weight excluding hydrogens is 222 g/mol. The molecule has 0 spiro atoms. The summed E-state index contributed by atoms with van der Waals surface area (Å²) in [4.78, 5) is 10.5. The van der Waals surface area contributed by atoms with Crippen LogP contribution in [0, 0.1) is 11.6 Å². The molecule has 0 saturated carbocycles. The molecule has 17 heavy (non-hydrogen) atoms.